The van der Waals surface area contributed by atoms with Gasteiger partial charge in [0.2, 0.25) is 0 Å². The molecule has 1 aliphatic rings. The van der Waals surface area contributed by atoms with Crippen molar-refractivity contribution in [3.63, 3.8) is 0 Å². The van der Waals surface area contributed by atoms with Crippen LogP contribution in [0.25, 0.3) is 0 Å². The Labute approximate surface area is 163 Å². The van der Waals surface area contributed by atoms with E-state index in [4.69, 9.17) is 4.98 Å². The van der Waals surface area contributed by atoms with Crippen LogP contribution in [0.4, 0.5) is 11.6 Å². The fourth-order valence-corrected chi connectivity index (χ4v) is 3.45. The van der Waals surface area contributed by atoms with Gasteiger partial charge in [-0.05, 0) is 44.0 Å². The van der Waals surface area contributed by atoms with E-state index in [1.54, 1.807) is 30.7 Å². The molecule has 0 aliphatic carbocycles. The van der Waals surface area contributed by atoms with Crippen molar-refractivity contribution in [2.45, 2.75) is 25.7 Å². The molecule has 0 unspecified atom stereocenters. The second kappa shape index (κ2) is 8.12. The van der Waals surface area contributed by atoms with Crippen molar-refractivity contribution in [2.24, 2.45) is 0 Å². The molecule has 1 aliphatic heterocycles. The molecule has 7 heteroatoms. The fraction of sp³-hybridized carbons (Fsp3) is 0.286. The molecule has 142 valence electrons. The van der Waals surface area contributed by atoms with Crippen molar-refractivity contribution < 1.29 is 4.79 Å². The summed E-state index contributed by atoms with van der Waals surface area (Å²) in [5, 5.41) is 3.23. The van der Waals surface area contributed by atoms with E-state index >= 15 is 0 Å². The number of hydrogen-bond donors (Lipinski definition) is 1. The molecule has 3 aromatic rings. The average molecular weight is 374 g/mol. The molecule has 1 N–H and O–H groups in total. The smallest absolute Gasteiger partial charge is 0.255 e. The summed E-state index contributed by atoms with van der Waals surface area (Å²) in [6.07, 6.45) is 6.91. The number of aromatic nitrogens is 4. The summed E-state index contributed by atoms with van der Waals surface area (Å²) < 4.78 is 0. The zero-order chi connectivity index (χ0) is 19.3. The normalized spacial score (nSPS) is 16.6. The van der Waals surface area contributed by atoms with Crippen LogP contribution in [0, 0.1) is 6.92 Å². The third-order valence-electron chi connectivity index (χ3n) is 4.77. The Kier molecular flexibility index (Phi) is 5.23. The molecule has 0 saturated carbocycles. The second-order valence-electron chi connectivity index (χ2n) is 6.92. The third-order valence-corrected chi connectivity index (χ3v) is 4.77. The van der Waals surface area contributed by atoms with Gasteiger partial charge in [0, 0.05) is 49.4 Å². The summed E-state index contributed by atoms with van der Waals surface area (Å²) in [7, 11) is 0. The highest BCUT2D eigenvalue weighted by Gasteiger charge is 2.27. The fourth-order valence-electron chi connectivity index (χ4n) is 3.45. The van der Waals surface area contributed by atoms with E-state index in [-0.39, 0.29) is 11.8 Å². The Balaban J connectivity index is 1.52. The van der Waals surface area contributed by atoms with Gasteiger partial charge in [-0.25, -0.2) is 15.0 Å². The molecule has 0 radical (unpaired) electrons. The van der Waals surface area contributed by atoms with Gasteiger partial charge in [-0.3, -0.25) is 9.78 Å². The first-order valence-corrected chi connectivity index (χ1v) is 9.42. The van der Waals surface area contributed by atoms with E-state index in [0.29, 0.717) is 12.1 Å². The molecule has 0 spiro atoms. The summed E-state index contributed by atoms with van der Waals surface area (Å²) in [6, 6.07) is 11.2. The molecule has 7 nitrogen and oxygen atoms in total. The zero-order valence-corrected chi connectivity index (χ0v) is 15.7. The number of amides is 1. The van der Waals surface area contributed by atoms with Gasteiger partial charge in [-0.15, -0.1) is 0 Å². The van der Waals surface area contributed by atoms with E-state index in [1.807, 2.05) is 36.1 Å². The SMILES string of the molecule is Cc1cc(Nc2ccccn2)nc([C@H]2CCCN(C(=O)c3cccnc3)C2)n1. The zero-order valence-electron chi connectivity index (χ0n) is 15.7. The lowest BCUT2D eigenvalue weighted by molar-refractivity contribution is 0.0704. The first kappa shape index (κ1) is 18.0. The molecule has 1 atom stereocenters. The van der Waals surface area contributed by atoms with Crippen LogP contribution in [0.5, 0.6) is 0 Å². The quantitative estimate of drug-likeness (QED) is 0.754. The minimum Gasteiger partial charge on any atom is -0.338 e. The van der Waals surface area contributed by atoms with E-state index in [9.17, 15) is 4.79 Å². The summed E-state index contributed by atoms with van der Waals surface area (Å²) in [6.45, 7) is 3.31. The Morgan fingerprint density at radius 2 is 2.07 bits per heavy atom. The van der Waals surface area contributed by atoms with Gasteiger partial charge in [0.05, 0.1) is 5.56 Å². The van der Waals surface area contributed by atoms with Crippen molar-refractivity contribution in [1.82, 2.24) is 24.8 Å². The third kappa shape index (κ3) is 4.14. The number of hydrogen-bond acceptors (Lipinski definition) is 6. The van der Waals surface area contributed by atoms with Gasteiger partial charge in [0.1, 0.15) is 17.5 Å². The van der Waals surface area contributed by atoms with Gasteiger partial charge < -0.3 is 10.2 Å². The van der Waals surface area contributed by atoms with Gasteiger partial charge in [0.15, 0.2) is 0 Å². The molecule has 0 aromatic carbocycles. The van der Waals surface area contributed by atoms with Crippen molar-refractivity contribution in [3.05, 3.63) is 72.1 Å². The molecule has 0 bridgehead atoms. The van der Waals surface area contributed by atoms with E-state index in [1.165, 1.54) is 0 Å². The number of anilines is 2. The van der Waals surface area contributed by atoms with Crippen LogP contribution in [0.1, 0.15) is 40.6 Å². The highest BCUT2D eigenvalue weighted by molar-refractivity contribution is 5.94. The molecule has 4 heterocycles. The van der Waals surface area contributed by atoms with Crippen LogP contribution in [0.15, 0.2) is 55.0 Å². The van der Waals surface area contributed by atoms with Crippen LogP contribution in [-0.4, -0.2) is 43.8 Å². The van der Waals surface area contributed by atoms with Crippen molar-refractivity contribution in [3.8, 4) is 0 Å². The van der Waals surface area contributed by atoms with Crippen LogP contribution < -0.4 is 5.32 Å². The van der Waals surface area contributed by atoms with Crippen molar-refractivity contribution in [2.75, 3.05) is 18.4 Å². The maximum atomic E-state index is 12.8. The topological polar surface area (TPSA) is 83.9 Å². The number of pyridine rings is 2. The van der Waals surface area contributed by atoms with E-state index < -0.39 is 0 Å². The second-order valence-corrected chi connectivity index (χ2v) is 6.92. The first-order valence-electron chi connectivity index (χ1n) is 9.42. The molecular formula is C21H22N6O. The minimum absolute atomic E-state index is 0.0114. The van der Waals surface area contributed by atoms with Gasteiger partial charge >= 0.3 is 0 Å². The van der Waals surface area contributed by atoms with Crippen LogP contribution >= 0.6 is 0 Å². The Morgan fingerprint density at radius 1 is 1.14 bits per heavy atom. The maximum Gasteiger partial charge on any atom is 0.255 e. The number of likely N-dealkylation sites (tertiary alicyclic amines) is 1. The minimum atomic E-state index is 0.0114. The maximum absolute atomic E-state index is 12.8. The van der Waals surface area contributed by atoms with Crippen LogP contribution in [0.3, 0.4) is 0 Å². The van der Waals surface area contributed by atoms with Gasteiger partial charge in [-0.2, -0.15) is 0 Å². The van der Waals surface area contributed by atoms with Gasteiger partial charge in [-0.1, -0.05) is 6.07 Å². The molecule has 1 saturated heterocycles. The first-order chi connectivity index (χ1) is 13.7. The lowest BCUT2D eigenvalue weighted by Gasteiger charge is -2.32. The highest BCUT2D eigenvalue weighted by atomic mass is 16.2. The summed E-state index contributed by atoms with van der Waals surface area (Å²) >= 11 is 0. The van der Waals surface area contributed by atoms with E-state index in [2.05, 4.69) is 20.3 Å². The number of nitrogens with one attached hydrogen (secondary N) is 1. The number of nitrogens with zero attached hydrogens (tertiary/aromatic N) is 5. The number of rotatable bonds is 4. The summed E-state index contributed by atoms with van der Waals surface area (Å²) in [5.74, 6) is 2.35. The average Bonchev–Trinajstić information content (AvgIpc) is 2.74. The Bertz CT molecular complexity index is 948. The summed E-state index contributed by atoms with van der Waals surface area (Å²) in [4.78, 5) is 32.3. The van der Waals surface area contributed by atoms with E-state index in [0.717, 1.165) is 42.5 Å². The highest BCUT2D eigenvalue weighted by Crippen LogP contribution is 2.27. The number of carbonyl (C=O) groups is 1. The lowest BCUT2D eigenvalue weighted by Crippen LogP contribution is -2.39. The number of aryl methyl sites for hydroxylation is 1. The molecular weight excluding hydrogens is 352 g/mol. The summed E-state index contributed by atoms with van der Waals surface area (Å²) in [5.41, 5.74) is 1.50. The molecule has 4 rings (SSSR count). The van der Waals surface area contributed by atoms with Crippen LogP contribution in [0.2, 0.25) is 0 Å². The predicted molar refractivity (Wildman–Crippen MR) is 106 cm³/mol. The molecule has 1 amide bonds. The molecule has 28 heavy (non-hydrogen) atoms. The van der Waals surface area contributed by atoms with Crippen molar-refractivity contribution in [1.29, 1.82) is 0 Å². The number of carbonyl (C=O) groups excluding carboxylic acids is 1. The molecule has 1 fully saturated rings. The van der Waals surface area contributed by atoms with Crippen LogP contribution in [-0.2, 0) is 0 Å². The largest absolute Gasteiger partial charge is 0.338 e. The Morgan fingerprint density at radius 3 is 2.86 bits per heavy atom. The van der Waals surface area contributed by atoms with Gasteiger partial charge in [0.25, 0.3) is 5.91 Å². The predicted octanol–water partition coefficient (Wildman–Crippen LogP) is 3.34. The monoisotopic (exact) mass is 374 g/mol. The Hall–Kier alpha value is -3.35. The lowest BCUT2D eigenvalue weighted by atomic mass is 9.96. The molecule has 3 aromatic heterocycles. The standard InChI is InChI=1S/C21H22N6O/c1-15-12-19(25-18-8-2-3-10-23-18)26-20(24-15)17-7-5-11-27(14-17)21(28)16-6-4-9-22-13-16/h2-4,6,8-10,12-13,17H,5,7,11,14H2,1H3,(H,23,24,25,26)/t17-/m0/s1. The number of piperidine rings is 1. The van der Waals surface area contributed by atoms with Crippen molar-refractivity contribution >= 4 is 17.5 Å².